The fraction of sp³-hybridized carbons (Fsp3) is 0. The van der Waals surface area contributed by atoms with Crippen LogP contribution in [0.2, 0.25) is 20.1 Å². The van der Waals surface area contributed by atoms with Crippen LogP contribution in [0.3, 0.4) is 0 Å². The number of aldehydes is 1. The summed E-state index contributed by atoms with van der Waals surface area (Å²) in [5.41, 5.74) is 16.7. The van der Waals surface area contributed by atoms with Crippen molar-refractivity contribution < 1.29 is 4.79 Å². The average Bonchev–Trinajstić information content (AvgIpc) is 4.07. The molecule has 0 unspecified atom stereocenters. The molecule has 5 aromatic carbocycles. The molecule has 3 aromatic heterocycles. The van der Waals surface area contributed by atoms with Gasteiger partial charge < -0.3 is 9.97 Å². The number of hydrogen-bond donors (Lipinski definition) is 2. The van der Waals surface area contributed by atoms with Crippen LogP contribution in [0.5, 0.6) is 0 Å². The van der Waals surface area contributed by atoms with Gasteiger partial charge in [-0.2, -0.15) is 0 Å². The first-order valence-electron chi connectivity index (χ1n) is 18.6. The Kier molecular flexibility index (Phi) is 9.16. The zero-order chi connectivity index (χ0) is 39.5. The number of halogens is 4. The second-order valence-electron chi connectivity index (χ2n) is 14.2. The SMILES string of the molecule is O=Cc1cccc2c1-c1cc-2c(-c2ccc(Cl)cc2)c2ccc([nH]2)c(-c2ccc(Cl)cc2)c2nc(c(-c3ccc(Cl)cc3)c3ccc([nH]3)c1-c1ccc(Cl)cc1)C=C2. The Morgan fingerprint density at radius 3 is 1.19 bits per heavy atom. The van der Waals surface area contributed by atoms with Crippen LogP contribution in [0.4, 0.5) is 0 Å². The van der Waals surface area contributed by atoms with Gasteiger partial charge in [0.05, 0.1) is 11.4 Å². The summed E-state index contributed by atoms with van der Waals surface area (Å²) >= 11 is 25.8. The van der Waals surface area contributed by atoms with Gasteiger partial charge in [-0.1, -0.05) is 113 Å². The Morgan fingerprint density at radius 1 is 0.397 bits per heavy atom. The minimum absolute atomic E-state index is 0.581. The van der Waals surface area contributed by atoms with E-state index in [0.717, 1.165) is 107 Å². The van der Waals surface area contributed by atoms with Crippen LogP contribution >= 0.6 is 46.4 Å². The van der Waals surface area contributed by atoms with Gasteiger partial charge in [0, 0.05) is 75.5 Å². The Bertz CT molecular complexity index is 3140. The highest BCUT2D eigenvalue weighted by atomic mass is 35.5. The number of aromatic nitrogens is 3. The van der Waals surface area contributed by atoms with Crippen molar-refractivity contribution in [2.45, 2.75) is 0 Å². The summed E-state index contributed by atoms with van der Waals surface area (Å²) < 4.78 is 0. The van der Waals surface area contributed by atoms with Crippen molar-refractivity contribution in [1.29, 1.82) is 0 Å². The first-order valence-corrected chi connectivity index (χ1v) is 20.1. The number of nitrogens with zero attached hydrogens (tertiary/aromatic N) is 1. The molecule has 0 saturated heterocycles. The molecule has 0 saturated carbocycles. The largest absolute Gasteiger partial charge is 0.354 e. The summed E-state index contributed by atoms with van der Waals surface area (Å²) in [6, 6.07) is 47.8. The molecule has 2 aliphatic rings. The van der Waals surface area contributed by atoms with Crippen molar-refractivity contribution in [1.82, 2.24) is 15.0 Å². The van der Waals surface area contributed by atoms with E-state index in [1.54, 1.807) is 0 Å². The van der Waals surface area contributed by atoms with E-state index in [-0.39, 0.29) is 0 Å². The highest BCUT2D eigenvalue weighted by Gasteiger charge is 2.26. The molecule has 8 aromatic rings. The number of aromatic amines is 2. The van der Waals surface area contributed by atoms with Gasteiger partial charge in [-0.05, 0) is 130 Å². The van der Waals surface area contributed by atoms with Crippen molar-refractivity contribution in [2.75, 3.05) is 0 Å². The Labute approximate surface area is 354 Å². The first kappa shape index (κ1) is 36.2. The number of rotatable bonds is 5. The Morgan fingerprint density at radius 2 is 0.776 bits per heavy atom. The number of carbonyl (C=O) groups excluding carboxylic acids is 1. The highest BCUT2D eigenvalue weighted by molar-refractivity contribution is 6.31. The number of hydrogen-bond acceptors (Lipinski definition) is 2. The van der Waals surface area contributed by atoms with E-state index < -0.39 is 0 Å². The van der Waals surface area contributed by atoms with Gasteiger partial charge in [-0.3, -0.25) is 4.79 Å². The predicted octanol–water partition coefficient (Wildman–Crippen LogP) is 15.5. The van der Waals surface area contributed by atoms with E-state index in [4.69, 9.17) is 51.4 Å². The van der Waals surface area contributed by atoms with Gasteiger partial charge >= 0.3 is 0 Å². The molecular formula is C50H29Cl4N3O. The molecule has 1 aliphatic heterocycles. The van der Waals surface area contributed by atoms with E-state index in [0.29, 0.717) is 25.7 Å². The quantitative estimate of drug-likeness (QED) is 0.170. The maximum absolute atomic E-state index is 13.0. The van der Waals surface area contributed by atoms with E-state index in [1.807, 2.05) is 109 Å². The number of fused-ring (bicyclic) bond motifs is 11. The van der Waals surface area contributed by atoms with Crippen LogP contribution in [-0.4, -0.2) is 21.2 Å². The average molecular weight is 830 g/mol. The van der Waals surface area contributed by atoms with Crippen LogP contribution in [0.25, 0.3) is 101 Å². The maximum atomic E-state index is 13.0. The molecule has 8 bridgehead atoms. The zero-order valence-electron chi connectivity index (χ0n) is 30.5. The molecule has 0 atom stereocenters. The molecule has 0 amide bonds. The summed E-state index contributed by atoms with van der Waals surface area (Å²) in [6.07, 6.45) is 5.05. The molecule has 4 nitrogen and oxygen atoms in total. The summed E-state index contributed by atoms with van der Waals surface area (Å²) in [7, 11) is 0. The lowest BCUT2D eigenvalue weighted by Gasteiger charge is -2.11. The standard InChI is InChI=1S/C50H29Cl4N3O/c51-33-12-4-28(5-13-33)47-38-26-39(46-32(27-58)2-1-3-37(38)46)48(29-6-14-34(52)15-7-29)41-21-23-43(56-41)50(31-10-18-36(54)19-11-31)45-25-24-44(57-45)49(42-22-20-40(47)55-42)30-8-16-35(53)17-9-30/h1-27,55-56H. The second kappa shape index (κ2) is 14.7. The summed E-state index contributed by atoms with van der Waals surface area (Å²) in [4.78, 5) is 26.0. The van der Waals surface area contributed by atoms with Crippen LogP contribution in [0, 0.1) is 0 Å². The topological polar surface area (TPSA) is 61.5 Å². The summed E-state index contributed by atoms with van der Waals surface area (Å²) in [5.74, 6) is 0. The smallest absolute Gasteiger partial charge is 0.150 e. The lowest BCUT2D eigenvalue weighted by Crippen LogP contribution is -1.90. The molecular weight excluding hydrogens is 800 g/mol. The maximum Gasteiger partial charge on any atom is 0.150 e. The minimum atomic E-state index is 0.581. The molecule has 2 N–H and O–H groups in total. The monoisotopic (exact) mass is 827 g/mol. The molecule has 1 aliphatic carbocycles. The van der Waals surface area contributed by atoms with Gasteiger partial charge in [-0.15, -0.1) is 0 Å². The molecule has 278 valence electrons. The highest BCUT2D eigenvalue weighted by Crippen LogP contribution is 2.50. The minimum Gasteiger partial charge on any atom is -0.354 e. The molecule has 4 heterocycles. The van der Waals surface area contributed by atoms with Gasteiger partial charge in [-0.25, -0.2) is 4.98 Å². The van der Waals surface area contributed by atoms with E-state index in [1.165, 1.54) is 0 Å². The van der Waals surface area contributed by atoms with Crippen molar-refractivity contribution in [2.24, 2.45) is 0 Å². The third-order valence-electron chi connectivity index (χ3n) is 10.7. The zero-order valence-corrected chi connectivity index (χ0v) is 33.5. The van der Waals surface area contributed by atoms with Crippen LogP contribution in [-0.2, 0) is 0 Å². The Balaban J connectivity index is 1.46. The molecule has 0 radical (unpaired) electrons. The molecule has 0 fully saturated rings. The second-order valence-corrected chi connectivity index (χ2v) is 15.9. The van der Waals surface area contributed by atoms with Gasteiger partial charge in [0.15, 0.2) is 6.29 Å². The molecule has 0 spiro atoms. The third kappa shape index (κ3) is 6.35. The fourth-order valence-corrected chi connectivity index (χ4v) is 8.67. The number of carbonyl (C=O) groups is 1. The molecule has 8 heteroatoms. The van der Waals surface area contributed by atoms with Crippen molar-refractivity contribution in [3.63, 3.8) is 0 Å². The van der Waals surface area contributed by atoms with Crippen LogP contribution in [0.1, 0.15) is 21.7 Å². The van der Waals surface area contributed by atoms with Gasteiger partial charge in [0.2, 0.25) is 0 Å². The Hall–Kier alpha value is -6.14. The van der Waals surface area contributed by atoms with Crippen LogP contribution in [0.15, 0.2) is 146 Å². The summed E-state index contributed by atoms with van der Waals surface area (Å²) in [6.45, 7) is 0. The van der Waals surface area contributed by atoms with Crippen LogP contribution < -0.4 is 0 Å². The van der Waals surface area contributed by atoms with Crippen molar-refractivity contribution in [3.05, 3.63) is 183 Å². The molecule has 58 heavy (non-hydrogen) atoms. The third-order valence-corrected chi connectivity index (χ3v) is 11.8. The lowest BCUT2D eigenvalue weighted by atomic mass is 9.92. The number of nitrogens with one attached hydrogen (secondary N) is 2. The van der Waals surface area contributed by atoms with Gasteiger partial charge in [0.25, 0.3) is 0 Å². The number of benzene rings is 5. The normalized spacial score (nSPS) is 11.8. The van der Waals surface area contributed by atoms with Crippen molar-refractivity contribution >= 4 is 86.9 Å². The van der Waals surface area contributed by atoms with E-state index in [9.17, 15) is 4.79 Å². The summed E-state index contributed by atoms with van der Waals surface area (Å²) in [5, 5.41) is 2.54. The molecule has 10 rings (SSSR count). The van der Waals surface area contributed by atoms with Crippen molar-refractivity contribution in [3.8, 4) is 66.8 Å². The fourth-order valence-electron chi connectivity index (χ4n) is 8.17. The van der Waals surface area contributed by atoms with E-state index >= 15 is 0 Å². The van der Waals surface area contributed by atoms with Gasteiger partial charge in [0.1, 0.15) is 0 Å². The predicted molar refractivity (Wildman–Crippen MR) is 244 cm³/mol. The number of H-pyrrole nitrogens is 2. The van der Waals surface area contributed by atoms with E-state index in [2.05, 4.69) is 58.5 Å². The first-order chi connectivity index (χ1) is 28.3. The lowest BCUT2D eigenvalue weighted by molar-refractivity contribution is 0.112.